The summed E-state index contributed by atoms with van der Waals surface area (Å²) in [4.78, 5) is 24.9. The normalized spacial score (nSPS) is 21.1. The fraction of sp³-hybridized carbons (Fsp3) is 0.818. The molecule has 1 aliphatic rings. The van der Waals surface area contributed by atoms with Crippen molar-refractivity contribution < 1.29 is 9.59 Å². The Morgan fingerprint density at radius 1 is 1.44 bits per heavy atom. The summed E-state index contributed by atoms with van der Waals surface area (Å²) in [5.41, 5.74) is -0.759. The zero-order chi connectivity index (χ0) is 12.3. The van der Waals surface area contributed by atoms with Gasteiger partial charge in [0.1, 0.15) is 5.54 Å². The van der Waals surface area contributed by atoms with Crippen molar-refractivity contribution in [2.75, 3.05) is 12.3 Å². The third kappa shape index (κ3) is 2.70. The Balaban J connectivity index is 2.67. The van der Waals surface area contributed by atoms with E-state index in [1.165, 1.54) is 4.90 Å². The van der Waals surface area contributed by atoms with E-state index >= 15 is 0 Å². The first kappa shape index (κ1) is 13.4. The lowest BCUT2D eigenvalue weighted by atomic mass is 10.0. The van der Waals surface area contributed by atoms with Crippen LogP contribution in [0.15, 0.2) is 0 Å². The van der Waals surface area contributed by atoms with E-state index in [1.807, 2.05) is 0 Å². The minimum atomic E-state index is -0.759. The number of hydrogen-bond donors (Lipinski definition) is 2. The molecule has 0 radical (unpaired) electrons. The molecule has 0 aromatic rings. The van der Waals surface area contributed by atoms with Crippen molar-refractivity contribution >= 4 is 24.6 Å². The number of amides is 3. The summed E-state index contributed by atoms with van der Waals surface area (Å²) in [6.45, 7) is 6.02. The third-order valence-corrected chi connectivity index (χ3v) is 3.36. The molecule has 1 fully saturated rings. The van der Waals surface area contributed by atoms with E-state index in [2.05, 4.69) is 24.9 Å². The molecule has 0 aromatic heterocycles. The third-order valence-electron chi connectivity index (χ3n) is 2.84. The molecular formula is C11H20N2O2S. The molecule has 0 spiro atoms. The van der Waals surface area contributed by atoms with Crippen LogP contribution in [0.1, 0.15) is 33.6 Å². The van der Waals surface area contributed by atoms with Crippen molar-refractivity contribution in [3.05, 3.63) is 0 Å². The van der Waals surface area contributed by atoms with Gasteiger partial charge in [-0.05, 0) is 31.9 Å². The van der Waals surface area contributed by atoms with Crippen LogP contribution >= 0.6 is 12.6 Å². The average Bonchev–Trinajstić information content (AvgIpc) is 2.39. The van der Waals surface area contributed by atoms with E-state index in [0.29, 0.717) is 12.3 Å². The van der Waals surface area contributed by atoms with Crippen LogP contribution in [0, 0.1) is 5.92 Å². The predicted molar refractivity (Wildman–Crippen MR) is 66.6 cm³/mol. The molecule has 0 aromatic carbocycles. The van der Waals surface area contributed by atoms with E-state index in [9.17, 15) is 9.59 Å². The number of rotatable bonds is 5. The number of nitrogens with zero attached hydrogens (tertiary/aromatic N) is 1. The second kappa shape index (κ2) is 5.08. The molecule has 4 nitrogen and oxygen atoms in total. The van der Waals surface area contributed by atoms with Crippen LogP contribution in [0.4, 0.5) is 4.79 Å². The number of imide groups is 1. The highest BCUT2D eigenvalue weighted by atomic mass is 32.1. The summed E-state index contributed by atoms with van der Waals surface area (Å²) in [7, 11) is 0. The molecule has 1 N–H and O–H groups in total. The first-order chi connectivity index (χ1) is 7.42. The number of urea groups is 1. The minimum absolute atomic E-state index is 0.139. The fourth-order valence-corrected chi connectivity index (χ4v) is 2.19. The van der Waals surface area contributed by atoms with Gasteiger partial charge in [-0.3, -0.25) is 9.69 Å². The molecule has 1 aliphatic heterocycles. The van der Waals surface area contributed by atoms with Crippen LogP contribution < -0.4 is 5.32 Å². The number of carbonyl (C=O) groups excluding carboxylic acids is 2. The molecule has 0 bridgehead atoms. The molecule has 1 unspecified atom stereocenters. The van der Waals surface area contributed by atoms with Gasteiger partial charge in [0.05, 0.1) is 0 Å². The Morgan fingerprint density at radius 3 is 2.44 bits per heavy atom. The first-order valence-electron chi connectivity index (χ1n) is 5.67. The molecule has 0 aliphatic carbocycles. The zero-order valence-corrected chi connectivity index (χ0v) is 11.0. The average molecular weight is 244 g/mol. The maximum atomic E-state index is 11.9. The SMILES string of the molecule is CCCC(CS)CN1C(=O)NC(C)(C)C1=O. The molecule has 1 saturated heterocycles. The molecule has 1 rings (SSSR count). The van der Waals surface area contributed by atoms with Gasteiger partial charge in [-0.25, -0.2) is 4.79 Å². The highest BCUT2D eigenvalue weighted by Crippen LogP contribution is 2.20. The zero-order valence-electron chi connectivity index (χ0n) is 10.1. The smallest absolute Gasteiger partial charge is 0.324 e. The first-order valence-corrected chi connectivity index (χ1v) is 6.30. The lowest BCUT2D eigenvalue weighted by Crippen LogP contribution is -2.41. The summed E-state index contributed by atoms with van der Waals surface area (Å²) in [5, 5.41) is 2.68. The molecule has 5 heteroatoms. The van der Waals surface area contributed by atoms with Crippen LogP contribution in [0.2, 0.25) is 0 Å². The van der Waals surface area contributed by atoms with Crippen LogP contribution in [-0.4, -0.2) is 34.7 Å². The second-order valence-corrected chi connectivity index (χ2v) is 5.17. The Morgan fingerprint density at radius 2 is 2.06 bits per heavy atom. The largest absolute Gasteiger partial charge is 0.325 e. The lowest BCUT2D eigenvalue weighted by Gasteiger charge is -2.20. The van der Waals surface area contributed by atoms with Gasteiger partial charge in [0.25, 0.3) is 5.91 Å². The summed E-state index contributed by atoms with van der Waals surface area (Å²) < 4.78 is 0. The molecule has 3 amide bonds. The van der Waals surface area contributed by atoms with E-state index in [0.717, 1.165) is 12.8 Å². The highest BCUT2D eigenvalue weighted by molar-refractivity contribution is 7.80. The van der Waals surface area contributed by atoms with Gasteiger partial charge < -0.3 is 5.32 Å². The Bertz CT molecular complexity index is 292. The molecule has 0 saturated carbocycles. The van der Waals surface area contributed by atoms with Crippen molar-refractivity contribution in [3.8, 4) is 0 Å². The van der Waals surface area contributed by atoms with Gasteiger partial charge >= 0.3 is 6.03 Å². The number of hydrogen-bond acceptors (Lipinski definition) is 3. The van der Waals surface area contributed by atoms with Gasteiger partial charge in [-0.2, -0.15) is 12.6 Å². The lowest BCUT2D eigenvalue weighted by molar-refractivity contribution is -0.130. The molecule has 1 atom stereocenters. The van der Waals surface area contributed by atoms with E-state index in [1.54, 1.807) is 13.8 Å². The number of thiol groups is 1. The predicted octanol–water partition coefficient (Wildman–Crippen LogP) is 1.66. The van der Waals surface area contributed by atoms with Crippen molar-refractivity contribution in [2.24, 2.45) is 5.92 Å². The fourth-order valence-electron chi connectivity index (χ4n) is 1.89. The van der Waals surface area contributed by atoms with Gasteiger partial charge in [0.15, 0.2) is 0 Å². The van der Waals surface area contributed by atoms with Crippen molar-refractivity contribution in [1.29, 1.82) is 0 Å². The monoisotopic (exact) mass is 244 g/mol. The highest BCUT2D eigenvalue weighted by Gasteiger charge is 2.44. The van der Waals surface area contributed by atoms with Crippen molar-refractivity contribution in [1.82, 2.24) is 10.2 Å². The summed E-state index contributed by atoms with van der Waals surface area (Å²) >= 11 is 4.26. The van der Waals surface area contributed by atoms with Gasteiger partial charge in [-0.1, -0.05) is 13.3 Å². The van der Waals surface area contributed by atoms with Gasteiger partial charge in [0, 0.05) is 6.54 Å². The molecular weight excluding hydrogens is 224 g/mol. The van der Waals surface area contributed by atoms with Crippen LogP contribution in [0.3, 0.4) is 0 Å². The van der Waals surface area contributed by atoms with E-state index < -0.39 is 5.54 Å². The molecule has 92 valence electrons. The summed E-state index contributed by atoms with van der Waals surface area (Å²) in [6.07, 6.45) is 2.03. The van der Waals surface area contributed by atoms with Crippen LogP contribution in [0.25, 0.3) is 0 Å². The van der Waals surface area contributed by atoms with Crippen molar-refractivity contribution in [3.63, 3.8) is 0 Å². The van der Waals surface area contributed by atoms with E-state index in [4.69, 9.17) is 0 Å². The minimum Gasteiger partial charge on any atom is -0.324 e. The Labute approximate surface area is 102 Å². The van der Waals surface area contributed by atoms with Crippen molar-refractivity contribution in [2.45, 2.75) is 39.2 Å². The second-order valence-electron chi connectivity index (χ2n) is 4.81. The van der Waals surface area contributed by atoms with Crippen LogP contribution in [0.5, 0.6) is 0 Å². The summed E-state index contributed by atoms with van der Waals surface area (Å²) in [6, 6.07) is -0.280. The standard InChI is InChI=1S/C11H20N2O2S/c1-4-5-8(7-16)6-13-9(14)11(2,3)12-10(13)15/h8,16H,4-7H2,1-3H3,(H,12,15). The Kier molecular flexibility index (Phi) is 4.24. The maximum absolute atomic E-state index is 11.9. The number of nitrogens with one attached hydrogen (secondary N) is 1. The molecule has 16 heavy (non-hydrogen) atoms. The van der Waals surface area contributed by atoms with Gasteiger partial charge in [0.2, 0.25) is 0 Å². The quantitative estimate of drug-likeness (QED) is 0.571. The topological polar surface area (TPSA) is 49.4 Å². The number of carbonyl (C=O) groups is 2. The van der Waals surface area contributed by atoms with Gasteiger partial charge in [-0.15, -0.1) is 0 Å². The maximum Gasteiger partial charge on any atom is 0.325 e. The van der Waals surface area contributed by atoms with Crippen LogP contribution in [-0.2, 0) is 4.79 Å². The van der Waals surface area contributed by atoms with E-state index in [-0.39, 0.29) is 17.9 Å². The molecule has 1 heterocycles. The Hall–Kier alpha value is -0.710. The summed E-state index contributed by atoms with van der Waals surface area (Å²) in [5.74, 6) is 0.850.